The molecule has 0 spiro atoms. The van der Waals surface area contributed by atoms with Gasteiger partial charge in [0.1, 0.15) is 24.2 Å². The van der Waals surface area contributed by atoms with Crippen molar-refractivity contribution < 1.29 is 18.4 Å². The maximum Gasteiger partial charge on any atom is 0.266 e. The van der Waals surface area contributed by atoms with Crippen LogP contribution < -0.4 is 9.64 Å². The molecule has 1 aliphatic rings. The zero-order chi connectivity index (χ0) is 25.1. The molecule has 2 aromatic carbocycles. The molecule has 1 saturated heterocycles. The van der Waals surface area contributed by atoms with Crippen LogP contribution >= 0.6 is 0 Å². The Labute approximate surface area is 209 Å². The number of oxazole rings is 1. The van der Waals surface area contributed by atoms with Gasteiger partial charge in [0.25, 0.3) is 11.8 Å². The first-order chi connectivity index (χ1) is 17.5. The van der Waals surface area contributed by atoms with E-state index >= 15 is 0 Å². The Morgan fingerprint density at radius 3 is 2.47 bits per heavy atom. The zero-order valence-corrected chi connectivity index (χ0v) is 20.2. The van der Waals surface area contributed by atoms with E-state index < -0.39 is 0 Å². The van der Waals surface area contributed by atoms with Crippen LogP contribution in [0.4, 0.5) is 5.88 Å². The molecule has 182 valence electrons. The van der Waals surface area contributed by atoms with Gasteiger partial charge >= 0.3 is 0 Å². The predicted molar refractivity (Wildman–Crippen MR) is 134 cm³/mol. The minimum atomic E-state index is 0.00751. The fourth-order valence-corrected chi connectivity index (χ4v) is 4.21. The van der Waals surface area contributed by atoms with Crippen LogP contribution in [0.1, 0.15) is 32.9 Å². The highest BCUT2D eigenvalue weighted by Crippen LogP contribution is 2.30. The number of piperazine rings is 1. The summed E-state index contributed by atoms with van der Waals surface area (Å²) < 4.78 is 17.6. The highest BCUT2D eigenvalue weighted by Gasteiger charge is 2.27. The van der Waals surface area contributed by atoms with Gasteiger partial charge in [0.2, 0.25) is 11.6 Å². The lowest BCUT2D eigenvalue weighted by Gasteiger charge is -2.34. The van der Waals surface area contributed by atoms with E-state index in [9.17, 15) is 10.1 Å². The number of amides is 1. The molecular formula is C28H26N4O4. The Balaban J connectivity index is 1.24. The summed E-state index contributed by atoms with van der Waals surface area (Å²) in [6.45, 7) is 6.36. The van der Waals surface area contributed by atoms with Gasteiger partial charge in [-0.1, -0.05) is 29.8 Å². The predicted octanol–water partition coefficient (Wildman–Crippen LogP) is 4.96. The summed E-state index contributed by atoms with van der Waals surface area (Å²) in [7, 11) is 0. The molecule has 0 aliphatic carbocycles. The summed E-state index contributed by atoms with van der Waals surface area (Å²) >= 11 is 0. The summed E-state index contributed by atoms with van der Waals surface area (Å²) in [6.07, 6.45) is 0. The Kier molecular flexibility index (Phi) is 6.46. The first-order valence-corrected chi connectivity index (χ1v) is 11.8. The van der Waals surface area contributed by atoms with Crippen molar-refractivity contribution in [2.24, 2.45) is 0 Å². The van der Waals surface area contributed by atoms with Gasteiger partial charge in [0.05, 0.1) is 0 Å². The number of anilines is 1. The molecule has 8 heteroatoms. The second kappa shape index (κ2) is 10.0. The molecule has 5 rings (SSSR count). The Morgan fingerprint density at radius 1 is 1.00 bits per heavy atom. The Morgan fingerprint density at radius 2 is 1.75 bits per heavy atom. The van der Waals surface area contributed by atoms with Crippen LogP contribution in [0.2, 0.25) is 0 Å². The minimum absolute atomic E-state index is 0.00751. The van der Waals surface area contributed by atoms with Crippen molar-refractivity contribution in [1.29, 1.82) is 5.26 Å². The number of nitriles is 1. The van der Waals surface area contributed by atoms with Gasteiger partial charge in [-0.15, -0.1) is 0 Å². The molecule has 0 radical (unpaired) electrons. The molecule has 8 nitrogen and oxygen atoms in total. The number of furan rings is 1. The number of benzene rings is 2. The van der Waals surface area contributed by atoms with Gasteiger partial charge < -0.3 is 23.4 Å². The molecule has 2 aromatic heterocycles. The number of aromatic nitrogens is 1. The summed E-state index contributed by atoms with van der Waals surface area (Å²) in [5, 5.41) is 9.65. The van der Waals surface area contributed by atoms with Gasteiger partial charge in [-0.2, -0.15) is 10.2 Å². The third-order valence-corrected chi connectivity index (χ3v) is 6.08. The van der Waals surface area contributed by atoms with E-state index in [0.29, 0.717) is 49.1 Å². The van der Waals surface area contributed by atoms with Crippen LogP contribution in [0, 0.1) is 25.2 Å². The molecule has 0 atom stereocenters. The van der Waals surface area contributed by atoms with Gasteiger partial charge in [-0.05, 0) is 55.8 Å². The first kappa shape index (κ1) is 23.2. The number of hydrogen-bond acceptors (Lipinski definition) is 7. The average molecular weight is 483 g/mol. The number of carbonyl (C=O) groups excluding carboxylic acids is 1. The number of carbonyl (C=O) groups is 1. The van der Waals surface area contributed by atoms with Crippen molar-refractivity contribution in [3.8, 4) is 23.5 Å². The number of aryl methyl sites for hydroxylation is 2. The number of rotatable bonds is 6. The number of hydrogen-bond donors (Lipinski definition) is 0. The van der Waals surface area contributed by atoms with E-state index in [1.54, 1.807) is 12.1 Å². The molecule has 0 unspecified atom stereocenters. The van der Waals surface area contributed by atoms with Crippen molar-refractivity contribution in [2.75, 3.05) is 31.1 Å². The van der Waals surface area contributed by atoms with Crippen LogP contribution in [0.5, 0.6) is 5.75 Å². The quantitative estimate of drug-likeness (QED) is 0.383. The largest absolute Gasteiger partial charge is 0.486 e. The second-order valence-electron chi connectivity index (χ2n) is 8.80. The molecule has 1 fully saturated rings. The SMILES string of the molecule is Cc1cccc(OCc2ccc(-c3nc(C#N)c(N4CCN(C(=O)c5cccc(C)c5)CC4)o3)o2)c1. The zero-order valence-electron chi connectivity index (χ0n) is 20.2. The minimum Gasteiger partial charge on any atom is -0.486 e. The van der Waals surface area contributed by atoms with Gasteiger partial charge in [-0.3, -0.25) is 4.79 Å². The molecular weight excluding hydrogens is 456 g/mol. The average Bonchev–Trinajstić information content (AvgIpc) is 3.54. The third-order valence-electron chi connectivity index (χ3n) is 6.08. The topological polar surface area (TPSA) is 95.7 Å². The first-order valence-electron chi connectivity index (χ1n) is 11.8. The maximum absolute atomic E-state index is 12.9. The standard InChI is InChI=1S/C28H26N4O4/c1-19-5-3-7-21(15-19)27(33)31-11-13-32(14-12-31)28-24(17-29)30-26(36-28)25-10-9-23(35-25)18-34-22-8-4-6-20(2)16-22/h3-10,15-16H,11-14,18H2,1-2H3. The van der Waals surface area contributed by atoms with Crippen LogP contribution in [-0.2, 0) is 6.61 Å². The Hall–Kier alpha value is -4.51. The number of nitrogens with zero attached hydrogens (tertiary/aromatic N) is 4. The van der Waals surface area contributed by atoms with Crippen LogP contribution in [0.3, 0.4) is 0 Å². The lowest BCUT2D eigenvalue weighted by atomic mass is 10.1. The highest BCUT2D eigenvalue weighted by molar-refractivity contribution is 5.94. The fourth-order valence-electron chi connectivity index (χ4n) is 4.21. The molecule has 0 N–H and O–H groups in total. The van der Waals surface area contributed by atoms with E-state index in [0.717, 1.165) is 16.9 Å². The van der Waals surface area contributed by atoms with Crippen LogP contribution in [0.15, 0.2) is 69.5 Å². The molecule has 36 heavy (non-hydrogen) atoms. The monoisotopic (exact) mass is 482 g/mol. The van der Waals surface area contributed by atoms with Crippen molar-refractivity contribution >= 4 is 11.8 Å². The summed E-state index contributed by atoms with van der Waals surface area (Å²) in [5.74, 6) is 2.44. The lowest BCUT2D eigenvalue weighted by Crippen LogP contribution is -2.48. The molecule has 0 bridgehead atoms. The molecule has 3 heterocycles. The van der Waals surface area contributed by atoms with E-state index in [-0.39, 0.29) is 24.1 Å². The second-order valence-corrected chi connectivity index (χ2v) is 8.80. The summed E-state index contributed by atoms with van der Waals surface area (Å²) in [4.78, 5) is 21.0. The highest BCUT2D eigenvalue weighted by atomic mass is 16.5. The molecule has 1 amide bonds. The van der Waals surface area contributed by atoms with Crippen LogP contribution in [0.25, 0.3) is 11.7 Å². The van der Waals surface area contributed by atoms with Gasteiger partial charge in [0.15, 0.2) is 5.76 Å². The van der Waals surface area contributed by atoms with Crippen LogP contribution in [-0.4, -0.2) is 42.0 Å². The lowest BCUT2D eigenvalue weighted by molar-refractivity contribution is 0.0745. The van der Waals surface area contributed by atoms with Gasteiger partial charge in [0, 0.05) is 31.7 Å². The molecule has 4 aromatic rings. The summed E-state index contributed by atoms with van der Waals surface area (Å²) in [5.41, 5.74) is 3.04. The summed E-state index contributed by atoms with van der Waals surface area (Å²) in [6, 6.07) is 21.1. The van der Waals surface area contributed by atoms with Crippen molar-refractivity contribution in [1.82, 2.24) is 9.88 Å². The van der Waals surface area contributed by atoms with E-state index in [1.807, 2.05) is 72.2 Å². The van der Waals surface area contributed by atoms with Crippen molar-refractivity contribution in [2.45, 2.75) is 20.5 Å². The molecule has 1 aliphatic heterocycles. The maximum atomic E-state index is 12.9. The third kappa shape index (κ3) is 4.96. The van der Waals surface area contributed by atoms with E-state index in [2.05, 4.69) is 11.1 Å². The Bertz CT molecular complexity index is 1420. The smallest absolute Gasteiger partial charge is 0.266 e. The van der Waals surface area contributed by atoms with Crippen molar-refractivity contribution in [3.63, 3.8) is 0 Å². The molecule has 0 saturated carbocycles. The normalized spacial score (nSPS) is 13.5. The van der Waals surface area contributed by atoms with Crippen molar-refractivity contribution in [3.05, 3.63) is 88.8 Å². The van der Waals surface area contributed by atoms with E-state index in [4.69, 9.17) is 13.6 Å². The van der Waals surface area contributed by atoms with Gasteiger partial charge in [-0.25, -0.2) is 0 Å². The number of ether oxygens (including phenoxy) is 1. The van der Waals surface area contributed by atoms with E-state index in [1.165, 1.54) is 0 Å². The fraction of sp³-hybridized carbons (Fsp3) is 0.250.